The first kappa shape index (κ1) is 18.7. The smallest absolute Gasteiger partial charge is 0.272 e. The molecule has 4 heterocycles. The predicted octanol–water partition coefficient (Wildman–Crippen LogP) is 2.08. The van der Waals surface area contributed by atoms with Gasteiger partial charge in [-0.25, -0.2) is 4.68 Å². The number of fused-ring (bicyclic) bond motifs is 3. The van der Waals surface area contributed by atoms with Crippen LogP contribution in [0.1, 0.15) is 24.2 Å². The van der Waals surface area contributed by atoms with E-state index in [2.05, 4.69) is 20.6 Å². The molecule has 1 fully saturated rings. The number of benzene rings is 1. The van der Waals surface area contributed by atoms with Crippen molar-refractivity contribution in [2.24, 2.45) is 0 Å². The highest BCUT2D eigenvalue weighted by atomic mass is 16.5. The van der Waals surface area contributed by atoms with E-state index in [1.807, 2.05) is 48.7 Å². The molecule has 1 unspecified atom stereocenters. The Kier molecular flexibility index (Phi) is 4.66. The van der Waals surface area contributed by atoms with Crippen LogP contribution < -0.4 is 5.32 Å². The summed E-state index contributed by atoms with van der Waals surface area (Å²) < 4.78 is 9.15. The third kappa shape index (κ3) is 3.30. The first-order valence-electron chi connectivity index (χ1n) is 10.1. The van der Waals surface area contributed by atoms with Crippen LogP contribution in [-0.2, 0) is 16.1 Å². The summed E-state index contributed by atoms with van der Waals surface area (Å²) in [5.74, 6) is 0.302. The van der Waals surface area contributed by atoms with E-state index < -0.39 is 0 Å². The van der Waals surface area contributed by atoms with Gasteiger partial charge >= 0.3 is 0 Å². The summed E-state index contributed by atoms with van der Waals surface area (Å²) in [5.41, 5.74) is 3.98. The lowest BCUT2D eigenvalue weighted by Crippen LogP contribution is -2.34. The third-order valence-electron chi connectivity index (χ3n) is 5.41. The van der Waals surface area contributed by atoms with Gasteiger partial charge in [0.25, 0.3) is 5.95 Å². The molecule has 1 N–H and O–H groups in total. The van der Waals surface area contributed by atoms with Gasteiger partial charge in [-0.05, 0) is 38.8 Å². The number of aryl methyl sites for hydroxylation is 2. The number of para-hydroxylation sites is 1. The first-order chi connectivity index (χ1) is 14.6. The zero-order valence-corrected chi connectivity index (χ0v) is 17.0. The first-order valence-corrected chi connectivity index (χ1v) is 10.1. The number of rotatable bonds is 5. The molecule has 1 atom stereocenters. The molecule has 1 saturated heterocycles. The maximum absolute atomic E-state index is 12.7. The number of hydrogen-bond donors (Lipinski definition) is 1. The molecular formula is C21H23N7O2. The number of ether oxygens (including phenoxy) is 1. The highest BCUT2D eigenvalue weighted by Crippen LogP contribution is 2.26. The molecule has 1 aliphatic heterocycles. The van der Waals surface area contributed by atoms with Gasteiger partial charge in [0.05, 0.1) is 17.3 Å². The minimum Gasteiger partial charge on any atom is -0.376 e. The van der Waals surface area contributed by atoms with Crippen molar-refractivity contribution in [2.75, 3.05) is 13.2 Å². The van der Waals surface area contributed by atoms with Gasteiger partial charge in [0.1, 0.15) is 12.1 Å². The Labute approximate surface area is 173 Å². The number of carbonyl (C=O) groups is 1. The van der Waals surface area contributed by atoms with Crippen molar-refractivity contribution in [3.8, 4) is 5.95 Å². The van der Waals surface area contributed by atoms with Crippen LogP contribution >= 0.6 is 0 Å². The maximum atomic E-state index is 12.7. The quantitative estimate of drug-likeness (QED) is 0.546. The van der Waals surface area contributed by atoms with Gasteiger partial charge in [-0.2, -0.15) is 10.1 Å². The molecule has 1 amide bonds. The molecule has 0 radical (unpaired) electrons. The second-order valence-corrected chi connectivity index (χ2v) is 7.67. The molecule has 3 aromatic heterocycles. The number of amides is 1. The number of hydrogen-bond acceptors (Lipinski definition) is 6. The molecule has 154 valence electrons. The number of nitrogens with zero attached hydrogens (tertiary/aromatic N) is 6. The van der Waals surface area contributed by atoms with Crippen molar-refractivity contribution in [1.29, 1.82) is 0 Å². The minimum absolute atomic E-state index is 0.0839. The lowest BCUT2D eigenvalue weighted by Gasteiger charge is -2.12. The van der Waals surface area contributed by atoms with Crippen LogP contribution in [0.15, 0.2) is 30.3 Å². The molecule has 1 aromatic carbocycles. The Bertz CT molecular complexity index is 1240. The summed E-state index contributed by atoms with van der Waals surface area (Å²) in [5, 5.41) is 17.1. The summed E-state index contributed by atoms with van der Waals surface area (Å²) in [4.78, 5) is 17.4. The molecule has 0 saturated carbocycles. The lowest BCUT2D eigenvalue weighted by molar-refractivity contribution is -0.122. The van der Waals surface area contributed by atoms with Crippen molar-refractivity contribution < 1.29 is 9.53 Å². The number of aromatic nitrogens is 6. The minimum atomic E-state index is -0.0839. The summed E-state index contributed by atoms with van der Waals surface area (Å²) in [7, 11) is 0. The Morgan fingerprint density at radius 3 is 2.90 bits per heavy atom. The Morgan fingerprint density at radius 1 is 1.27 bits per heavy atom. The van der Waals surface area contributed by atoms with Gasteiger partial charge in [-0.15, -0.1) is 10.2 Å². The molecule has 1 aliphatic rings. The van der Waals surface area contributed by atoms with Crippen molar-refractivity contribution in [2.45, 2.75) is 39.3 Å². The average Bonchev–Trinajstić information content (AvgIpc) is 3.45. The van der Waals surface area contributed by atoms with Crippen molar-refractivity contribution >= 4 is 28.0 Å². The van der Waals surface area contributed by atoms with Crippen LogP contribution in [0.5, 0.6) is 0 Å². The zero-order valence-electron chi connectivity index (χ0n) is 17.0. The monoisotopic (exact) mass is 405 g/mol. The van der Waals surface area contributed by atoms with Gasteiger partial charge in [-0.3, -0.25) is 4.79 Å². The second-order valence-electron chi connectivity index (χ2n) is 7.67. The van der Waals surface area contributed by atoms with Crippen molar-refractivity contribution in [3.63, 3.8) is 0 Å². The van der Waals surface area contributed by atoms with Gasteiger partial charge in [0, 0.05) is 24.2 Å². The maximum Gasteiger partial charge on any atom is 0.272 e. The SMILES string of the molecule is Cc1cc(C)n(-c2nnc3c4ccccc4n(CC(=O)NCC4CCCO4)c3n2)n1. The molecule has 4 aromatic rings. The highest BCUT2D eigenvalue weighted by molar-refractivity contribution is 6.04. The molecule has 0 aliphatic carbocycles. The third-order valence-corrected chi connectivity index (χ3v) is 5.41. The molecular weight excluding hydrogens is 382 g/mol. The molecule has 0 spiro atoms. The van der Waals surface area contributed by atoms with Crippen LogP contribution in [0, 0.1) is 13.8 Å². The molecule has 9 nitrogen and oxygen atoms in total. The molecule has 0 bridgehead atoms. The van der Waals surface area contributed by atoms with E-state index in [1.54, 1.807) is 4.68 Å². The molecule has 9 heteroatoms. The summed E-state index contributed by atoms with van der Waals surface area (Å²) in [6.07, 6.45) is 2.14. The van der Waals surface area contributed by atoms with Crippen LogP contribution in [0.2, 0.25) is 0 Å². The van der Waals surface area contributed by atoms with Crippen molar-refractivity contribution in [1.82, 2.24) is 34.8 Å². The van der Waals surface area contributed by atoms with Gasteiger partial charge in [0.15, 0.2) is 5.65 Å². The Morgan fingerprint density at radius 2 is 2.13 bits per heavy atom. The van der Waals surface area contributed by atoms with Crippen molar-refractivity contribution in [3.05, 3.63) is 41.7 Å². The Hall–Kier alpha value is -3.33. The van der Waals surface area contributed by atoms with E-state index in [0.29, 0.717) is 23.7 Å². The van der Waals surface area contributed by atoms with Crippen LogP contribution in [0.3, 0.4) is 0 Å². The van der Waals surface area contributed by atoms with E-state index in [1.165, 1.54) is 0 Å². The number of nitrogens with one attached hydrogen (secondary N) is 1. The topological polar surface area (TPSA) is 99.8 Å². The average molecular weight is 405 g/mol. The Balaban J connectivity index is 1.53. The van der Waals surface area contributed by atoms with Gasteiger partial charge in [0.2, 0.25) is 5.91 Å². The lowest BCUT2D eigenvalue weighted by atomic mass is 10.2. The fourth-order valence-electron chi connectivity index (χ4n) is 4.01. The highest BCUT2D eigenvalue weighted by Gasteiger charge is 2.20. The standard InChI is InChI=1S/C21H23N7O2/c1-13-10-14(2)28(26-13)21-23-20-19(24-25-21)16-7-3-4-8-17(16)27(20)12-18(29)22-11-15-6-5-9-30-15/h3-4,7-8,10,15H,5-6,9,11-12H2,1-2H3,(H,22,29). The summed E-state index contributed by atoms with van der Waals surface area (Å²) in [6.45, 7) is 5.31. The van der Waals surface area contributed by atoms with E-state index in [9.17, 15) is 4.79 Å². The summed E-state index contributed by atoms with van der Waals surface area (Å²) >= 11 is 0. The van der Waals surface area contributed by atoms with E-state index >= 15 is 0 Å². The fourth-order valence-corrected chi connectivity index (χ4v) is 4.01. The van der Waals surface area contributed by atoms with E-state index in [-0.39, 0.29) is 18.6 Å². The van der Waals surface area contributed by atoms with E-state index in [0.717, 1.165) is 41.7 Å². The fraction of sp³-hybridized carbons (Fsp3) is 0.381. The summed E-state index contributed by atoms with van der Waals surface area (Å²) in [6, 6.07) is 9.78. The van der Waals surface area contributed by atoms with Crippen LogP contribution in [-0.4, -0.2) is 54.7 Å². The number of carbonyl (C=O) groups excluding carboxylic acids is 1. The predicted molar refractivity (Wildman–Crippen MR) is 111 cm³/mol. The zero-order chi connectivity index (χ0) is 20.7. The van der Waals surface area contributed by atoms with E-state index in [4.69, 9.17) is 9.72 Å². The van der Waals surface area contributed by atoms with Crippen LogP contribution in [0.4, 0.5) is 0 Å². The van der Waals surface area contributed by atoms with Crippen LogP contribution in [0.25, 0.3) is 28.0 Å². The molecule has 30 heavy (non-hydrogen) atoms. The van der Waals surface area contributed by atoms with Gasteiger partial charge < -0.3 is 14.6 Å². The van der Waals surface area contributed by atoms with Gasteiger partial charge in [-0.1, -0.05) is 18.2 Å². The molecule has 5 rings (SSSR count). The second kappa shape index (κ2) is 7.49. The largest absolute Gasteiger partial charge is 0.376 e. The normalized spacial score (nSPS) is 16.5.